The number of benzene rings is 2. The molecule has 0 aromatic heterocycles. The molecule has 0 radical (unpaired) electrons. The zero-order valence-electron chi connectivity index (χ0n) is 13.2. The third-order valence-corrected chi connectivity index (χ3v) is 3.73. The molecule has 0 atom stereocenters. The lowest BCUT2D eigenvalue weighted by molar-refractivity contribution is 0.301. The molecule has 2 aromatic rings. The van der Waals surface area contributed by atoms with Crippen molar-refractivity contribution < 1.29 is 4.74 Å². The summed E-state index contributed by atoms with van der Waals surface area (Å²) in [5, 5.41) is 3.43. The Morgan fingerprint density at radius 1 is 1.09 bits per heavy atom. The lowest BCUT2D eigenvalue weighted by Crippen LogP contribution is -2.22. The number of halogens is 2. The van der Waals surface area contributed by atoms with Gasteiger partial charge < -0.3 is 10.1 Å². The first-order valence-electron chi connectivity index (χ1n) is 7.25. The van der Waals surface area contributed by atoms with E-state index in [1.54, 1.807) is 0 Å². The van der Waals surface area contributed by atoms with E-state index in [4.69, 9.17) is 4.74 Å². The van der Waals surface area contributed by atoms with Crippen LogP contribution in [0.5, 0.6) is 5.75 Å². The van der Waals surface area contributed by atoms with Crippen LogP contribution in [0.4, 0.5) is 0 Å². The first-order chi connectivity index (χ1) is 10.0. The topological polar surface area (TPSA) is 21.3 Å². The summed E-state index contributed by atoms with van der Waals surface area (Å²) in [4.78, 5) is 0. The lowest BCUT2D eigenvalue weighted by atomic mass is 10.1. The molecule has 2 rings (SSSR count). The molecule has 0 aliphatic carbocycles. The Balaban J connectivity index is 0.00000242. The van der Waals surface area contributed by atoms with Gasteiger partial charge in [0.1, 0.15) is 12.4 Å². The van der Waals surface area contributed by atoms with E-state index < -0.39 is 0 Å². The maximum Gasteiger partial charge on any atom is 0.124 e. The van der Waals surface area contributed by atoms with Crippen molar-refractivity contribution in [2.24, 2.45) is 0 Å². The monoisotopic (exact) mass is 383 g/mol. The van der Waals surface area contributed by atoms with Gasteiger partial charge in [-0.2, -0.15) is 0 Å². The molecule has 0 saturated carbocycles. The van der Waals surface area contributed by atoms with E-state index in [2.05, 4.69) is 72.3 Å². The van der Waals surface area contributed by atoms with Crippen LogP contribution in [0.25, 0.3) is 0 Å². The quantitative estimate of drug-likeness (QED) is 0.734. The Hall–Kier alpha value is -1.03. The molecule has 0 saturated heterocycles. The predicted octanol–water partition coefficient (Wildman–Crippen LogP) is 5.26. The summed E-state index contributed by atoms with van der Waals surface area (Å²) >= 11 is 3.52. The van der Waals surface area contributed by atoms with Gasteiger partial charge in [-0.05, 0) is 30.7 Å². The smallest absolute Gasteiger partial charge is 0.124 e. The highest BCUT2D eigenvalue weighted by Crippen LogP contribution is 2.24. The molecular weight excluding hydrogens is 362 g/mol. The van der Waals surface area contributed by atoms with E-state index in [9.17, 15) is 0 Å². The van der Waals surface area contributed by atoms with Crippen LogP contribution < -0.4 is 10.1 Å². The molecule has 2 nitrogen and oxygen atoms in total. The molecule has 0 aliphatic rings. The van der Waals surface area contributed by atoms with Gasteiger partial charge in [-0.25, -0.2) is 0 Å². The third kappa shape index (κ3) is 5.99. The zero-order chi connectivity index (χ0) is 15.2. The van der Waals surface area contributed by atoms with Crippen molar-refractivity contribution in [3.63, 3.8) is 0 Å². The fraction of sp³-hybridized carbons (Fsp3) is 0.333. The molecule has 1 N–H and O–H groups in total. The maximum atomic E-state index is 5.99. The number of aryl methyl sites for hydroxylation is 1. The largest absolute Gasteiger partial charge is 0.489 e. The van der Waals surface area contributed by atoms with Crippen LogP contribution >= 0.6 is 28.3 Å². The summed E-state index contributed by atoms with van der Waals surface area (Å²) in [6, 6.07) is 15.1. The second-order valence-electron chi connectivity index (χ2n) is 5.56. The van der Waals surface area contributed by atoms with Crippen LogP contribution in [0.2, 0.25) is 0 Å². The molecule has 2 aromatic carbocycles. The second-order valence-corrected chi connectivity index (χ2v) is 6.48. The van der Waals surface area contributed by atoms with Crippen LogP contribution in [0.1, 0.15) is 30.5 Å². The van der Waals surface area contributed by atoms with Gasteiger partial charge in [0.05, 0.1) is 0 Å². The summed E-state index contributed by atoms with van der Waals surface area (Å²) in [7, 11) is 0. The van der Waals surface area contributed by atoms with Crippen molar-refractivity contribution >= 4 is 28.3 Å². The molecule has 0 unspecified atom stereocenters. The van der Waals surface area contributed by atoms with Crippen molar-refractivity contribution in [2.45, 2.75) is 40.0 Å². The molecular formula is C18H23BrClNO. The van der Waals surface area contributed by atoms with Crippen molar-refractivity contribution in [1.82, 2.24) is 5.32 Å². The van der Waals surface area contributed by atoms with Gasteiger partial charge in [0, 0.05) is 22.6 Å². The third-order valence-electron chi connectivity index (χ3n) is 3.24. The summed E-state index contributed by atoms with van der Waals surface area (Å²) in [6.45, 7) is 7.78. The minimum Gasteiger partial charge on any atom is -0.489 e. The average Bonchev–Trinajstić information content (AvgIpc) is 2.45. The number of rotatable bonds is 6. The van der Waals surface area contributed by atoms with Crippen LogP contribution in [0, 0.1) is 6.92 Å². The molecule has 0 fully saturated rings. The van der Waals surface area contributed by atoms with Crippen LogP contribution in [-0.4, -0.2) is 6.04 Å². The van der Waals surface area contributed by atoms with Crippen LogP contribution in [0.15, 0.2) is 46.9 Å². The first kappa shape index (κ1) is 19.0. The molecule has 0 amide bonds. The fourth-order valence-electron chi connectivity index (χ4n) is 1.99. The van der Waals surface area contributed by atoms with Gasteiger partial charge in [-0.3, -0.25) is 0 Å². The van der Waals surface area contributed by atoms with Gasteiger partial charge in [0.25, 0.3) is 0 Å². The minimum atomic E-state index is 0. The maximum absolute atomic E-state index is 5.99. The lowest BCUT2D eigenvalue weighted by Gasteiger charge is -2.14. The number of hydrogen-bond donors (Lipinski definition) is 1. The van der Waals surface area contributed by atoms with Crippen molar-refractivity contribution in [3.05, 3.63) is 63.6 Å². The summed E-state index contributed by atoms with van der Waals surface area (Å²) in [6.07, 6.45) is 0. The molecule has 4 heteroatoms. The van der Waals surface area contributed by atoms with Crippen molar-refractivity contribution in [2.75, 3.05) is 0 Å². The van der Waals surface area contributed by atoms with Crippen LogP contribution in [-0.2, 0) is 13.2 Å². The summed E-state index contributed by atoms with van der Waals surface area (Å²) in [5.74, 6) is 0.937. The standard InChI is InChI=1S/C18H22BrNO.ClH/c1-13(2)20-11-16-10-17(19)8-9-18(16)21-12-15-6-4-14(3)5-7-15;/h4-10,13,20H,11-12H2,1-3H3;1H. The highest BCUT2D eigenvalue weighted by molar-refractivity contribution is 9.10. The molecule has 0 bridgehead atoms. The number of ether oxygens (including phenoxy) is 1. The Morgan fingerprint density at radius 2 is 1.77 bits per heavy atom. The van der Waals surface area contributed by atoms with Gasteiger partial charge in [-0.15, -0.1) is 12.4 Å². The van der Waals surface area contributed by atoms with E-state index in [0.717, 1.165) is 16.8 Å². The average molecular weight is 385 g/mol. The zero-order valence-corrected chi connectivity index (χ0v) is 15.6. The highest BCUT2D eigenvalue weighted by atomic mass is 79.9. The normalized spacial score (nSPS) is 10.4. The van der Waals surface area contributed by atoms with Gasteiger partial charge in [0.2, 0.25) is 0 Å². The molecule has 22 heavy (non-hydrogen) atoms. The number of nitrogens with one attached hydrogen (secondary N) is 1. The predicted molar refractivity (Wildman–Crippen MR) is 98.9 cm³/mol. The van der Waals surface area contributed by atoms with Gasteiger partial charge in [-0.1, -0.05) is 59.6 Å². The summed E-state index contributed by atoms with van der Waals surface area (Å²) < 4.78 is 7.06. The summed E-state index contributed by atoms with van der Waals surface area (Å²) in [5.41, 5.74) is 3.63. The van der Waals surface area contributed by atoms with E-state index >= 15 is 0 Å². The van der Waals surface area contributed by atoms with E-state index in [-0.39, 0.29) is 12.4 Å². The first-order valence-corrected chi connectivity index (χ1v) is 8.04. The van der Waals surface area contributed by atoms with Gasteiger partial charge in [0.15, 0.2) is 0 Å². The number of hydrogen-bond acceptors (Lipinski definition) is 2. The van der Waals surface area contributed by atoms with Crippen molar-refractivity contribution in [1.29, 1.82) is 0 Å². The minimum absolute atomic E-state index is 0. The fourth-order valence-corrected chi connectivity index (χ4v) is 2.39. The molecule has 0 spiro atoms. The molecule has 0 heterocycles. The Bertz CT molecular complexity index is 584. The van der Waals surface area contributed by atoms with Crippen molar-refractivity contribution in [3.8, 4) is 5.75 Å². The Kier molecular flexibility index (Phi) is 7.94. The highest BCUT2D eigenvalue weighted by Gasteiger charge is 2.06. The molecule has 120 valence electrons. The Labute approximate surface area is 147 Å². The molecule has 0 aliphatic heterocycles. The van der Waals surface area contributed by atoms with E-state index in [1.165, 1.54) is 16.7 Å². The Morgan fingerprint density at radius 3 is 2.41 bits per heavy atom. The SMILES string of the molecule is Cc1ccc(COc2ccc(Br)cc2CNC(C)C)cc1.Cl. The van der Waals surface area contributed by atoms with Gasteiger partial charge >= 0.3 is 0 Å². The second kappa shape index (κ2) is 9.19. The van der Waals surface area contributed by atoms with E-state index in [1.807, 2.05) is 12.1 Å². The van der Waals surface area contributed by atoms with Crippen LogP contribution in [0.3, 0.4) is 0 Å². The van der Waals surface area contributed by atoms with E-state index in [0.29, 0.717) is 12.6 Å².